The highest BCUT2D eigenvalue weighted by molar-refractivity contribution is 7.11. The summed E-state index contributed by atoms with van der Waals surface area (Å²) >= 11 is 1.53. The van der Waals surface area contributed by atoms with E-state index in [-0.39, 0.29) is 11.8 Å². The van der Waals surface area contributed by atoms with E-state index in [2.05, 4.69) is 21.6 Å². The number of ether oxygens (including phenoxy) is 1. The summed E-state index contributed by atoms with van der Waals surface area (Å²) in [6.07, 6.45) is 0. The maximum Gasteiger partial charge on any atom is 0.277 e. The Hall–Kier alpha value is -1.74. The van der Waals surface area contributed by atoms with Crippen LogP contribution in [-0.2, 0) is 14.3 Å². The first kappa shape index (κ1) is 19.6. The van der Waals surface area contributed by atoms with E-state index in [9.17, 15) is 9.59 Å². The van der Waals surface area contributed by atoms with Gasteiger partial charge >= 0.3 is 0 Å². The van der Waals surface area contributed by atoms with E-state index in [1.807, 2.05) is 17.5 Å². The van der Waals surface area contributed by atoms with E-state index in [0.717, 1.165) is 50.7 Å². The number of nitrogens with zero attached hydrogens (tertiary/aromatic N) is 4. The first-order valence-electron chi connectivity index (χ1n) is 10.1. The lowest BCUT2D eigenvalue weighted by molar-refractivity contribution is -0.138. The van der Waals surface area contributed by atoms with E-state index in [1.54, 1.807) is 0 Å². The molecule has 0 N–H and O–H groups in total. The van der Waals surface area contributed by atoms with E-state index in [1.165, 1.54) is 16.2 Å². The van der Waals surface area contributed by atoms with Crippen molar-refractivity contribution in [1.82, 2.24) is 19.6 Å². The second-order valence-corrected chi connectivity index (χ2v) is 8.29. The van der Waals surface area contributed by atoms with Crippen LogP contribution in [0.15, 0.2) is 23.2 Å². The number of amides is 2. The van der Waals surface area contributed by atoms with Gasteiger partial charge in [-0.3, -0.25) is 19.4 Å². The van der Waals surface area contributed by atoms with E-state index in [0.29, 0.717) is 37.6 Å². The molecule has 3 aliphatic rings. The zero-order valence-corrected chi connectivity index (χ0v) is 17.2. The molecule has 7 nitrogen and oxygen atoms in total. The second kappa shape index (κ2) is 8.73. The molecule has 0 aromatic carbocycles. The fourth-order valence-corrected chi connectivity index (χ4v) is 4.82. The summed E-state index contributed by atoms with van der Waals surface area (Å²) < 4.78 is 5.39. The van der Waals surface area contributed by atoms with Crippen molar-refractivity contribution in [2.45, 2.75) is 6.92 Å². The Morgan fingerprint density at radius 2 is 1.71 bits per heavy atom. The maximum atomic E-state index is 13.3. The summed E-state index contributed by atoms with van der Waals surface area (Å²) in [5.74, 6) is -0.278. The average Bonchev–Trinajstić information content (AvgIpc) is 3.34. The third kappa shape index (κ3) is 3.87. The highest BCUT2D eigenvalue weighted by Gasteiger charge is 2.42. The summed E-state index contributed by atoms with van der Waals surface area (Å²) in [7, 11) is 0. The molecule has 2 fully saturated rings. The fourth-order valence-electron chi connectivity index (χ4n) is 4.06. The zero-order valence-electron chi connectivity index (χ0n) is 16.4. The molecule has 28 heavy (non-hydrogen) atoms. The first-order valence-corrected chi connectivity index (χ1v) is 11.0. The molecule has 8 heteroatoms. The van der Waals surface area contributed by atoms with Gasteiger partial charge in [-0.05, 0) is 18.0 Å². The number of piperazine rings is 1. The number of morpholine rings is 1. The standard InChI is InChI=1S/C20H28N4O3S/c1-2-21-5-8-23(9-6-21)18-17(16-4-3-15-28-16)19(25)24(20(18)26)10-7-22-11-13-27-14-12-22/h3-4,15H,2,5-14H2,1H3. The quantitative estimate of drug-likeness (QED) is 0.654. The molecule has 4 rings (SSSR count). The van der Waals surface area contributed by atoms with Gasteiger partial charge in [0.25, 0.3) is 11.8 Å². The Bertz CT molecular complexity index is 735. The Kier molecular flexibility index (Phi) is 6.10. The summed E-state index contributed by atoms with van der Waals surface area (Å²) in [6, 6.07) is 3.88. The molecule has 2 amide bonds. The Morgan fingerprint density at radius 3 is 2.36 bits per heavy atom. The third-order valence-electron chi connectivity index (χ3n) is 5.79. The van der Waals surface area contributed by atoms with Gasteiger partial charge in [0.15, 0.2) is 0 Å². The molecule has 0 radical (unpaired) electrons. The van der Waals surface area contributed by atoms with Gasteiger partial charge in [0.05, 0.1) is 18.8 Å². The average molecular weight is 405 g/mol. The lowest BCUT2D eigenvalue weighted by atomic mass is 10.1. The van der Waals surface area contributed by atoms with Crippen LogP contribution in [0.1, 0.15) is 11.8 Å². The molecule has 0 aliphatic carbocycles. The van der Waals surface area contributed by atoms with Crippen LogP contribution in [0.5, 0.6) is 0 Å². The number of carbonyl (C=O) groups is 2. The molecular formula is C20H28N4O3S. The van der Waals surface area contributed by atoms with E-state index in [4.69, 9.17) is 4.74 Å². The topological polar surface area (TPSA) is 56.3 Å². The predicted molar refractivity (Wildman–Crippen MR) is 109 cm³/mol. The summed E-state index contributed by atoms with van der Waals surface area (Å²) in [4.78, 5) is 35.6. The van der Waals surface area contributed by atoms with Gasteiger partial charge in [-0.2, -0.15) is 0 Å². The van der Waals surface area contributed by atoms with Gasteiger partial charge in [-0.15, -0.1) is 11.3 Å². The smallest absolute Gasteiger partial charge is 0.277 e. The van der Waals surface area contributed by atoms with Gasteiger partial charge in [0.2, 0.25) is 0 Å². The molecule has 4 heterocycles. The van der Waals surface area contributed by atoms with Crippen LogP contribution in [0.4, 0.5) is 0 Å². The molecule has 1 aromatic rings. The second-order valence-electron chi connectivity index (χ2n) is 7.34. The molecule has 0 saturated carbocycles. The van der Waals surface area contributed by atoms with Crippen molar-refractivity contribution in [3.05, 3.63) is 28.1 Å². The van der Waals surface area contributed by atoms with Crippen molar-refractivity contribution in [1.29, 1.82) is 0 Å². The molecular weight excluding hydrogens is 376 g/mol. The van der Waals surface area contributed by atoms with Crippen LogP contribution >= 0.6 is 11.3 Å². The summed E-state index contributed by atoms with van der Waals surface area (Å²) in [5, 5.41) is 1.96. The van der Waals surface area contributed by atoms with Crippen LogP contribution in [0, 0.1) is 0 Å². The summed E-state index contributed by atoms with van der Waals surface area (Å²) in [6.45, 7) is 10.9. The van der Waals surface area contributed by atoms with Crippen molar-refractivity contribution in [3.8, 4) is 0 Å². The highest BCUT2D eigenvalue weighted by atomic mass is 32.1. The van der Waals surface area contributed by atoms with Crippen LogP contribution in [0.3, 0.4) is 0 Å². The largest absolute Gasteiger partial charge is 0.379 e. The van der Waals surface area contributed by atoms with Crippen molar-refractivity contribution in [2.24, 2.45) is 0 Å². The molecule has 0 unspecified atom stereocenters. The number of likely N-dealkylation sites (N-methyl/N-ethyl adjacent to an activating group) is 1. The van der Waals surface area contributed by atoms with Gasteiger partial charge in [0.1, 0.15) is 5.70 Å². The molecule has 2 saturated heterocycles. The van der Waals surface area contributed by atoms with E-state index >= 15 is 0 Å². The van der Waals surface area contributed by atoms with Crippen LogP contribution in [0.2, 0.25) is 0 Å². The number of imide groups is 1. The van der Waals surface area contributed by atoms with Crippen molar-refractivity contribution >= 4 is 28.7 Å². The van der Waals surface area contributed by atoms with Crippen molar-refractivity contribution in [3.63, 3.8) is 0 Å². The fraction of sp³-hybridized carbons (Fsp3) is 0.600. The Balaban J connectivity index is 1.54. The van der Waals surface area contributed by atoms with Gasteiger partial charge in [0, 0.05) is 57.2 Å². The number of hydrogen-bond donors (Lipinski definition) is 0. The lowest BCUT2D eigenvalue weighted by Crippen LogP contribution is -2.48. The van der Waals surface area contributed by atoms with Crippen molar-refractivity contribution in [2.75, 3.05) is 72.1 Å². The molecule has 0 atom stereocenters. The van der Waals surface area contributed by atoms with E-state index < -0.39 is 0 Å². The van der Waals surface area contributed by atoms with Gasteiger partial charge in [-0.1, -0.05) is 13.0 Å². The number of carbonyl (C=O) groups excluding carboxylic acids is 2. The minimum atomic E-state index is -0.145. The van der Waals surface area contributed by atoms with Crippen LogP contribution in [0.25, 0.3) is 5.57 Å². The number of hydrogen-bond acceptors (Lipinski definition) is 7. The molecule has 3 aliphatic heterocycles. The van der Waals surface area contributed by atoms with Crippen molar-refractivity contribution < 1.29 is 14.3 Å². The highest BCUT2D eigenvalue weighted by Crippen LogP contribution is 2.34. The SMILES string of the molecule is CCN1CCN(C2=C(c3cccs3)C(=O)N(CCN3CCOCC3)C2=O)CC1. The Morgan fingerprint density at radius 1 is 0.964 bits per heavy atom. The molecule has 152 valence electrons. The third-order valence-corrected chi connectivity index (χ3v) is 6.68. The monoisotopic (exact) mass is 404 g/mol. The van der Waals surface area contributed by atoms with Gasteiger partial charge in [-0.25, -0.2) is 0 Å². The summed E-state index contributed by atoms with van der Waals surface area (Å²) in [5.41, 5.74) is 1.19. The van der Waals surface area contributed by atoms with Crippen LogP contribution in [-0.4, -0.2) is 104 Å². The molecule has 0 spiro atoms. The Labute approximate surface area is 170 Å². The van der Waals surface area contributed by atoms with Gasteiger partial charge < -0.3 is 14.5 Å². The number of thiophene rings is 1. The minimum absolute atomic E-state index is 0.133. The molecule has 1 aromatic heterocycles. The lowest BCUT2D eigenvalue weighted by Gasteiger charge is -2.36. The first-order chi connectivity index (χ1) is 13.7. The normalized spacial score (nSPS) is 22.6. The number of rotatable bonds is 6. The van der Waals surface area contributed by atoms with Crippen LogP contribution < -0.4 is 0 Å². The zero-order chi connectivity index (χ0) is 19.5. The maximum absolute atomic E-state index is 13.3. The minimum Gasteiger partial charge on any atom is -0.379 e. The molecule has 0 bridgehead atoms. The predicted octanol–water partition coefficient (Wildman–Crippen LogP) is 0.798.